The largest absolute Gasteiger partial charge is 0.492 e. The molecule has 1 heterocycles. The first-order valence-corrected chi connectivity index (χ1v) is 7.76. The van der Waals surface area contributed by atoms with Gasteiger partial charge in [-0.05, 0) is 50.6 Å². The smallest absolute Gasteiger partial charge is 0.164 e. The van der Waals surface area contributed by atoms with Crippen LogP contribution in [0.1, 0.15) is 43.0 Å². The van der Waals surface area contributed by atoms with E-state index in [9.17, 15) is 4.79 Å². The Morgan fingerprint density at radius 1 is 1.35 bits per heavy atom. The quantitative estimate of drug-likeness (QED) is 0.717. The van der Waals surface area contributed by atoms with Crippen LogP contribution in [0.2, 0.25) is 5.02 Å². The highest BCUT2D eigenvalue weighted by Crippen LogP contribution is 2.26. The minimum absolute atomic E-state index is 0.154. The van der Waals surface area contributed by atoms with Gasteiger partial charge in [-0.25, -0.2) is 0 Å². The summed E-state index contributed by atoms with van der Waals surface area (Å²) in [6.07, 6.45) is 4.01. The molecule has 0 atom stereocenters. The third-order valence-corrected chi connectivity index (χ3v) is 3.86. The Balaban J connectivity index is 1.90. The fourth-order valence-electron chi connectivity index (χ4n) is 2.41. The van der Waals surface area contributed by atoms with E-state index in [1.54, 1.807) is 12.1 Å². The molecule has 0 bridgehead atoms. The van der Waals surface area contributed by atoms with Crippen molar-refractivity contribution < 1.29 is 9.53 Å². The summed E-state index contributed by atoms with van der Waals surface area (Å²) in [5.41, 5.74) is 0.679. The van der Waals surface area contributed by atoms with E-state index in [1.165, 1.54) is 12.8 Å². The molecule has 1 aliphatic heterocycles. The average molecular weight is 296 g/mol. The Kier molecular flexibility index (Phi) is 5.86. The van der Waals surface area contributed by atoms with Gasteiger partial charge in [-0.2, -0.15) is 0 Å². The third-order valence-electron chi connectivity index (χ3n) is 3.57. The van der Waals surface area contributed by atoms with E-state index in [4.69, 9.17) is 16.3 Å². The molecular weight excluding hydrogens is 274 g/mol. The topological polar surface area (TPSA) is 29.5 Å². The van der Waals surface area contributed by atoms with Crippen LogP contribution in [-0.4, -0.2) is 36.9 Å². The molecule has 20 heavy (non-hydrogen) atoms. The lowest BCUT2D eigenvalue weighted by molar-refractivity contribution is 0.0969. The lowest BCUT2D eigenvalue weighted by Crippen LogP contribution is -2.22. The van der Waals surface area contributed by atoms with Crippen molar-refractivity contribution in [3.8, 4) is 5.75 Å². The number of hydrogen-bond acceptors (Lipinski definition) is 3. The maximum Gasteiger partial charge on any atom is 0.164 e. The lowest BCUT2D eigenvalue weighted by Gasteiger charge is -2.13. The van der Waals surface area contributed by atoms with Gasteiger partial charge in [-0.3, -0.25) is 4.79 Å². The van der Waals surface area contributed by atoms with Crippen LogP contribution >= 0.6 is 11.6 Å². The molecule has 0 amide bonds. The Morgan fingerprint density at radius 2 is 2.10 bits per heavy atom. The molecule has 0 aliphatic carbocycles. The van der Waals surface area contributed by atoms with E-state index < -0.39 is 0 Å². The van der Waals surface area contributed by atoms with Crippen LogP contribution in [0.5, 0.6) is 5.75 Å². The zero-order valence-corrected chi connectivity index (χ0v) is 12.8. The number of ether oxygens (including phenoxy) is 1. The summed E-state index contributed by atoms with van der Waals surface area (Å²) in [7, 11) is 0. The minimum Gasteiger partial charge on any atom is -0.492 e. The van der Waals surface area contributed by atoms with Gasteiger partial charge < -0.3 is 9.64 Å². The fourth-order valence-corrected chi connectivity index (χ4v) is 2.65. The van der Waals surface area contributed by atoms with E-state index in [0.29, 0.717) is 29.4 Å². The van der Waals surface area contributed by atoms with Gasteiger partial charge in [0.05, 0.1) is 11.6 Å². The van der Waals surface area contributed by atoms with Gasteiger partial charge in [0.2, 0.25) is 0 Å². The number of hydrogen-bond donors (Lipinski definition) is 0. The predicted octanol–water partition coefficient (Wildman–Crippen LogP) is 3.80. The molecule has 1 fully saturated rings. The highest BCUT2D eigenvalue weighted by atomic mass is 35.5. The first kappa shape index (κ1) is 15.3. The first-order valence-electron chi connectivity index (χ1n) is 7.38. The maximum absolute atomic E-state index is 12.2. The standard InChI is InChI=1S/C16H22ClNO2/c1-2-11-20-16-6-5-13(12-14(16)17)15(19)7-10-18-8-3-4-9-18/h5-6,12H,2-4,7-11H2,1H3. The summed E-state index contributed by atoms with van der Waals surface area (Å²) < 4.78 is 5.51. The second kappa shape index (κ2) is 7.65. The number of halogens is 1. The van der Waals surface area contributed by atoms with Gasteiger partial charge in [0.15, 0.2) is 5.78 Å². The highest BCUT2D eigenvalue weighted by molar-refractivity contribution is 6.32. The number of likely N-dealkylation sites (tertiary alicyclic amines) is 1. The molecule has 0 radical (unpaired) electrons. The fraction of sp³-hybridized carbons (Fsp3) is 0.562. The van der Waals surface area contributed by atoms with E-state index in [1.807, 2.05) is 13.0 Å². The molecule has 1 saturated heterocycles. The van der Waals surface area contributed by atoms with Crippen molar-refractivity contribution in [2.24, 2.45) is 0 Å². The minimum atomic E-state index is 0.154. The van der Waals surface area contributed by atoms with Crippen molar-refractivity contribution >= 4 is 17.4 Å². The van der Waals surface area contributed by atoms with Crippen LogP contribution in [0.15, 0.2) is 18.2 Å². The zero-order chi connectivity index (χ0) is 14.4. The second-order valence-electron chi connectivity index (χ2n) is 5.22. The van der Waals surface area contributed by atoms with Gasteiger partial charge in [0.25, 0.3) is 0 Å². The molecular formula is C16H22ClNO2. The SMILES string of the molecule is CCCOc1ccc(C(=O)CCN2CCCC2)cc1Cl. The molecule has 1 aromatic carbocycles. The Bertz CT molecular complexity index is 456. The molecule has 110 valence electrons. The number of ketones is 1. The van der Waals surface area contributed by atoms with Crippen molar-refractivity contribution in [2.45, 2.75) is 32.6 Å². The van der Waals surface area contributed by atoms with Crippen molar-refractivity contribution in [3.63, 3.8) is 0 Å². The summed E-state index contributed by atoms with van der Waals surface area (Å²) in [5, 5.41) is 0.519. The number of rotatable bonds is 7. The van der Waals surface area contributed by atoms with Crippen LogP contribution in [0.25, 0.3) is 0 Å². The van der Waals surface area contributed by atoms with Crippen LogP contribution < -0.4 is 4.74 Å². The molecule has 1 aliphatic rings. The Hall–Kier alpha value is -1.06. The summed E-state index contributed by atoms with van der Waals surface area (Å²) in [6.45, 7) is 5.78. The van der Waals surface area contributed by atoms with Crippen molar-refractivity contribution in [1.29, 1.82) is 0 Å². The van der Waals surface area contributed by atoms with E-state index in [0.717, 1.165) is 26.1 Å². The molecule has 0 N–H and O–H groups in total. The molecule has 2 rings (SSSR count). The van der Waals surface area contributed by atoms with Crippen LogP contribution in [-0.2, 0) is 0 Å². The summed E-state index contributed by atoms with van der Waals surface area (Å²) in [4.78, 5) is 14.5. The van der Waals surface area contributed by atoms with E-state index >= 15 is 0 Å². The number of benzene rings is 1. The normalized spacial score (nSPS) is 15.5. The molecule has 1 aromatic rings. The first-order chi connectivity index (χ1) is 9.70. The van der Waals surface area contributed by atoms with Gasteiger partial charge in [0.1, 0.15) is 5.75 Å². The maximum atomic E-state index is 12.2. The van der Waals surface area contributed by atoms with E-state index in [2.05, 4.69) is 4.90 Å². The molecule has 0 unspecified atom stereocenters. The lowest BCUT2D eigenvalue weighted by atomic mass is 10.1. The number of carbonyl (C=O) groups excluding carboxylic acids is 1. The van der Waals surface area contributed by atoms with Crippen LogP contribution in [0, 0.1) is 0 Å². The number of Topliss-reactive ketones (excluding diaryl/α,β-unsaturated/α-hetero) is 1. The van der Waals surface area contributed by atoms with Crippen LogP contribution in [0.4, 0.5) is 0 Å². The van der Waals surface area contributed by atoms with E-state index in [-0.39, 0.29) is 5.78 Å². The Morgan fingerprint density at radius 3 is 2.75 bits per heavy atom. The van der Waals surface area contributed by atoms with Crippen molar-refractivity contribution in [2.75, 3.05) is 26.2 Å². The van der Waals surface area contributed by atoms with Crippen molar-refractivity contribution in [1.82, 2.24) is 4.90 Å². The summed E-state index contributed by atoms with van der Waals surface area (Å²) >= 11 is 6.15. The van der Waals surface area contributed by atoms with Gasteiger partial charge >= 0.3 is 0 Å². The van der Waals surface area contributed by atoms with Gasteiger partial charge in [-0.1, -0.05) is 18.5 Å². The number of carbonyl (C=O) groups is 1. The predicted molar refractivity (Wildman–Crippen MR) is 81.9 cm³/mol. The molecule has 4 heteroatoms. The molecule has 3 nitrogen and oxygen atoms in total. The second-order valence-corrected chi connectivity index (χ2v) is 5.62. The van der Waals surface area contributed by atoms with Gasteiger partial charge in [0, 0.05) is 18.5 Å². The number of nitrogens with zero attached hydrogens (tertiary/aromatic N) is 1. The van der Waals surface area contributed by atoms with Crippen molar-refractivity contribution in [3.05, 3.63) is 28.8 Å². The van der Waals surface area contributed by atoms with Crippen LogP contribution in [0.3, 0.4) is 0 Å². The van der Waals surface area contributed by atoms with Gasteiger partial charge in [-0.15, -0.1) is 0 Å². The molecule has 0 spiro atoms. The summed E-state index contributed by atoms with van der Waals surface area (Å²) in [6, 6.07) is 5.32. The molecule has 0 saturated carbocycles. The highest BCUT2D eigenvalue weighted by Gasteiger charge is 2.14. The zero-order valence-electron chi connectivity index (χ0n) is 12.0. The Labute approximate surface area is 125 Å². The third kappa shape index (κ3) is 4.22. The summed E-state index contributed by atoms with van der Waals surface area (Å²) in [5.74, 6) is 0.811. The average Bonchev–Trinajstić information content (AvgIpc) is 2.96. The monoisotopic (exact) mass is 295 g/mol. The molecule has 0 aromatic heterocycles.